The van der Waals surface area contributed by atoms with Crippen LogP contribution in [0.15, 0.2) is 66.0 Å². The van der Waals surface area contributed by atoms with Gasteiger partial charge < -0.3 is 15.5 Å². The predicted molar refractivity (Wildman–Crippen MR) is 113 cm³/mol. The van der Waals surface area contributed by atoms with Crippen molar-refractivity contribution in [1.29, 1.82) is 0 Å². The van der Waals surface area contributed by atoms with Gasteiger partial charge >= 0.3 is 0 Å². The SMILES string of the molecule is COc1cc(-c2nc(-c3cccc(S(N)(=O)=O)c3)[nH]c2-c2ccncc2)cnc1N. The Morgan fingerprint density at radius 3 is 2.50 bits per heavy atom. The van der Waals surface area contributed by atoms with Crippen molar-refractivity contribution in [2.75, 3.05) is 12.8 Å². The van der Waals surface area contributed by atoms with E-state index in [1.54, 1.807) is 36.8 Å². The van der Waals surface area contributed by atoms with Gasteiger partial charge in [0.15, 0.2) is 11.6 Å². The molecule has 0 saturated carbocycles. The second kappa shape index (κ2) is 7.58. The molecule has 0 amide bonds. The third-order valence-electron chi connectivity index (χ3n) is 4.48. The predicted octanol–water partition coefficient (Wildman–Crippen LogP) is 2.44. The number of anilines is 1. The number of nitrogens with two attached hydrogens (primary N) is 2. The Morgan fingerprint density at radius 1 is 1.03 bits per heavy atom. The highest BCUT2D eigenvalue weighted by atomic mass is 32.2. The molecule has 5 N–H and O–H groups in total. The molecule has 9 nitrogen and oxygen atoms in total. The van der Waals surface area contributed by atoms with Gasteiger partial charge in [0, 0.05) is 35.3 Å². The van der Waals surface area contributed by atoms with Gasteiger partial charge in [-0.25, -0.2) is 23.5 Å². The summed E-state index contributed by atoms with van der Waals surface area (Å²) < 4.78 is 28.8. The minimum atomic E-state index is -3.85. The number of aromatic amines is 1. The summed E-state index contributed by atoms with van der Waals surface area (Å²) in [6.07, 6.45) is 4.94. The summed E-state index contributed by atoms with van der Waals surface area (Å²) in [6, 6.07) is 11.7. The minimum Gasteiger partial charge on any atom is -0.493 e. The topological polar surface area (TPSA) is 150 Å². The molecule has 152 valence electrons. The standard InChI is InChI=1S/C20H18N6O3S/c1-29-16-10-14(11-24-19(16)21)18-17(12-5-7-23-8-6-12)25-20(26-18)13-3-2-4-15(9-13)30(22,27)28/h2-11H,1H3,(H2,21,24)(H,25,26)(H2,22,27,28). The number of ether oxygens (including phenoxy) is 1. The Bertz CT molecular complexity index is 1320. The van der Waals surface area contributed by atoms with Crippen LogP contribution in [-0.2, 0) is 10.0 Å². The van der Waals surface area contributed by atoms with E-state index < -0.39 is 10.0 Å². The van der Waals surface area contributed by atoms with Crippen LogP contribution in [0, 0.1) is 0 Å². The lowest BCUT2D eigenvalue weighted by molar-refractivity contribution is 0.415. The Balaban J connectivity index is 1.92. The molecule has 4 aromatic rings. The molecule has 0 spiro atoms. The van der Waals surface area contributed by atoms with Gasteiger partial charge in [0.05, 0.1) is 23.4 Å². The van der Waals surface area contributed by atoms with E-state index in [-0.39, 0.29) is 10.7 Å². The molecule has 0 radical (unpaired) electrons. The molecule has 0 aliphatic heterocycles. The summed E-state index contributed by atoms with van der Waals surface area (Å²) in [5.41, 5.74) is 9.24. The molecule has 0 unspecified atom stereocenters. The number of aromatic nitrogens is 4. The lowest BCUT2D eigenvalue weighted by Crippen LogP contribution is -2.11. The Labute approximate surface area is 172 Å². The van der Waals surface area contributed by atoms with E-state index in [1.165, 1.54) is 19.2 Å². The number of sulfonamides is 1. The first kappa shape index (κ1) is 19.6. The van der Waals surface area contributed by atoms with Gasteiger partial charge in [0.25, 0.3) is 0 Å². The molecular weight excluding hydrogens is 404 g/mol. The molecule has 0 atom stereocenters. The fraction of sp³-hybridized carbons (Fsp3) is 0.0500. The van der Waals surface area contributed by atoms with E-state index >= 15 is 0 Å². The highest BCUT2D eigenvalue weighted by Crippen LogP contribution is 2.35. The molecule has 0 saturated heterocycles. The van der Waals surface area contributed by atoms with Crippen molar-refractivity contribution in [2.45, 2.75) is 4.90 Å². The van der Waals surface area contributed by atoms with Crippen molar-refractivity contribution in [3.63, 3.8) is 0 Å². The maximum absolute atomic E-state index is 11.7. The van der Waals surface area contributed by atoms with E-state index in [1.807, 2.05) is 12.1 Å². The van der Waals surface area contributed by atoms with Crippen LogP contribution >= 0.6 is 0 Å². The second-order valence-electron chi connectivity index (χ2n) is 6.43. The fourth-order valence-electron chi connectivity index (χ4n) is 3.01. The summed E-state index contributed by atoms with van der Waals surface area (Å²) in [4.78, 5) is 16.2. The average Bonchev–Trinajstić information content (AvgIpc) is 3.20. The van der Waals surface area contributed by atoms with Crippen LogP contribution in [0.5, 0.6) is 5.75 Å². The molecule has 0 aliphatic carbocycles. The highest BCUT2D eigenvalue weighted by Gasteiger charge is 2.18. The summed E-state index contributed by atoms with van der Waals surface area (Å²) in [5.74, 6) is 1.16. The molecule has 0 fully saturated rings. The first-order valence-electron chi connectivity index (χ1n) is 8.80. The maximum atomic E-state index is 11.7. The van der Waals surface area contributed by atoms with E-state index in [4.69, 9.17) is 20.6 Å². The molecule has 3 heterocycles. The summed E-state index contributed by atoms with van der Waals surface area (Å²) >= 11 is 0. The van der Waals surface area contributed by atoms with Crippen LogP contribution in [0.4, 0.5) is 5.82 Å². The third kappa shape index (κ3) is 3.73. The van der Waals surface area contributed by atoms with E-state index in [9.17, 15) is 8.42 Å². The zero-order chi connectivity index (χ0) is 21.3. The van der Waals surface area contributed by atoms with Crippen molar-refractivity contribution < 1.29 is 13.2 Å². The molecule has 0 aliphatic rings. The number of methoxy groups -OCH3 is 1. The van der Waals surface area contributed by atoms with Gasteiger partial charge in [-0.3, -0.25) is 4.98 Å². The van der Waals surface area contributed by atoms with Gasteiger partial charge in [-0.05, 0) is 30.3 Å². The summed E-state index contributed by atoms with van der Waals surface area (Å²) in [5, 5.41) is 5.27. The summed E-state index contributed by atoms with van der Waals surface area (Å²) in [6.45, 7) is 0. The molecule has 30 heavy (non-hydrogen) atoms. The lowest BCUT2D eigenvalue weighted by Gasteiger charge is -2.07. The van der Waals surface area contributed by atoms with Gasteiger partial charge in [0.1, 0.15) is 5.82 Å². The average molecular weight is 422 g/mol. The third-order valence-corrected chi connectivity index (χ3v) is 5.39. The first-order valence-corrected chi connectivity index (χ1v) is 10.3. The summed E-state index contributed by atoms with van der Waals surface area (Å²) in [7, 11) is -2.34. The molecule has 1 aromatic carbocycles. The van der Waals surface area contributed by atoms with Gasteiger partial charge in [-0.15, -0.1) is 0 Å². The van der Waals surface area contributed by atoms with Gasteiger partial charge in [-0.2, -0.15) is 0 Å². The van der Waals surface area contributed by atoms with Crippen molar-refractivity contribution >= 4 is 15.8 Å². The van der Waals surface area contributed by atoms with Crippen molar-refractivity contribution in [1.82, 2.24) is 19.9 Å². The lowest BCUT2D eigenvalue weighted by atomic mass is 10.1. The van der Waals surface area contributed by atoms with Crippen LogP contribution in [0.3, 0.4) is 0 Å². The Hall–Kier alpha value is -3.76. The molecule has 0 bridgehead atoms. The molecule has 3 aromatic heterocycles. The minimum absolute atomic E-state index is 0.000711. The van der Waals surface area contributed by atoms with E-state index in [2.05, 4.69) is 15.0 Å². The van der Waals surface area contributed by atoms with Crippen molar-refractivity contribution in [2.24, 2.45) is 5.14 Å². The maximum Gasteiger partial charge on any atom is 0.238 e. The smallest absolute Gasteiger partial charge is 0.238 e. The van der Waals surface area contributed by atoms with E-state index in [0.717, 1.165) is 5.56 Å². The molecular formula is C20H18N6O3S. The highest BCUT2D eigenvalue weighted by molar-refractivity contribution is 7.89. The number of benzene rings is 1. The largest absolute Gasteiger partial charge is 0.493 e. The van der Waals surface area contributed by atoms with Crippen molar-refractivity contribution in [3.05, 3.63) is 61.1 Å². The fourth-order valence-corrected chi connectivity index (χ4v) is 3.57. The van der Waals surface area contributed by atoms with Crippen LogP contribution in [0.2, 0.25) is 0 Å². The number of nitrogens with one attached hydrogen (secondary N) is 1. The Morgan fingerprint density at radius 2 is 1.80 bits per heavy atom. The normalized spacial score (nSPS) is 11.4. The van der Waals surface area contributed by atoms with E-state index in [0.29, 0.717) is 34.1 Å². The number of primary sulfonamides is 1. The zero-order valence-corrected chi connectivity index (χ0v) is 16.7. The number of H-pyrrole nitrogens is 1. The van der Waals surface area contributed by atoms with Gasteiger partial charge in [0.2, 0.25) is 10.0 Å². The quantitative estimate of drug-likeness (QED) is 0.447. The Kier molecular flexibility index (Phi) is 4.94. The number of imidazole rings is 1. The van der Waals surface area contributed by atoms with Gasteiger partial charge in [-0.1, -0.05) is 12.1 Å². The first-order chi connectivity index (χ1) is 14.4. The second-order valence-corrected chi connectivity index (χ2v) is 7.99. The molecule has 10 heteroatoms. The monoisotopic (exact) mass is 422 g/mol. The van der Waals surface area contributed by atoms with Crippen LogP contribution in [0.25, 0.3) is 33.9 Å². The van der Waals surface area contributed by atoms with Crippen molar-refractivity contribution in [3.8, 4) is 39.7 Å². The molecule has 4 rings (SSSR count). The van der Waals surface area contributed by atoms with Crippen LogP contribution < -0.4 is 15.6 Å². The number of rotatable bonds is 5. The van der Waals surface area contributed by atoms with Crippen LogP contribution in [-0.4, -0.2) is 35.5 Å². The number of hydrogen-bond acceptors (Lipinski definition) is 7. The number of hydrogen-bond donors (Lipinski definition) is 3. The van der Waals surface area contributed by atoms with Crippen LogP contribution in [0.1, 0.15) is 0 Å². The number of nitrogen functional groups attached to an aromatic ring is 1. The number of pyridine rings is 2. The number of nitrogens with zero attached hydrogens (tertiary/aromatic N) is 3. The zero-order valence-electron chi connectivity index (χ0n) is 15.9.